The Morgan fingerprint density at radius 2 is 1.27 bits per heavy atom. The van der Waals surface area contributed by atoms with E-state index in [0.29, 0.717) is 0 Å². The number of unbranched alkanes of at least 4 members (excludes halogenated alkanes) is 2. The van der Waals surface area contributed by atoms with Gasteiger partial charge in [-0.25, -0.2) is 0 Å². The zero-order valence-electron chi connectivity index (χ0n) is 10.9. The Kier molecular flexibility index (Phi) is 21.9. The number of nitrogens with one attached hydrogen (secondary N) is 2. The Morgan fingerprint density at radius 3 is 1.33 bits per heavy atom. The zero-order valence-corrected chi connectivity index (χ0v) is 10.9. The molecule has 0 unspecified atom stereocenters. The maximum atomic E-state index is 3.48. The minimum absolute atomic E-state index is 1.08. The summed E-state index contributed by atoms with van der Waals surface area (Å²) < 4.78 is 0. The fourth-order valence-corrected chi connectivity index (χ4v) is 0.957. The van der Waals surface area contributed by atoms with E-state index in [9.17, 15) is 0 Å². The van der Waals surface area contributed by atoms with Gasteiger partial charge >= 0.3 is 0 Å². The average Bonchev–Trinajstić information content (AvgIpc) is 2.33. The number of hydrogen-bond acceptors (Lipinski definition) is 2. The second-order valence-corrected chi connectivity index (χ2v) is 3.55. The van der Waals surface area contributed by atoms with Gasteiger partial charge in [0.25, 0.3) is 0 Å². The molecule has 0 atom stereocenters. The molecule has 0 spiro atoms. The molecular formula is C13H30N2. The molecule has 0 aromatic heterocycles. The molecule has 0 radical (unpaired) electrons. The van der Waals surface area contributed by atoms with E-state index in [4.69, 9.17) is 0 Å². The molecular weight excluding hydrogens is 184 g/mol. The van der Waals surface area contributed by atoms with Gasteiger partial charge < -0.3 is 10.6 Å². The molecule has 0 bridgehead atoms. The molecule has 0 aliphatic carbocycles. The first-order valence-electron chi connectivity index (χ1n) is 6.35. The molecule has 0 amide bonds. The topological polar surface area (TPSA) is 24.1 Å². The fourth-order valence-electron chi connectivity index (χ4n) is 0.957. The molecule has 0 aromatic rings. The summed E-state index contributed by atoms with van der Waals surface area (Å²) in [6.45, 7) is 14.5. The smallest absolute Gasteiger partial charge is 0.00772 e. The van der Waals surface area contributed by atoms with Crippen LogP contribution in [0.4, 0.5) is 0 Å². The van der Waals surface area contributed by atoms with E-state index in [1.54, 1.807) is 0 Å². The van der Waals surface area contributed by atoms with Crippen LogP contribution in [-0.2, 0) is 0 Å². The van der Waals surface area contributed by atoms with Gasteiger partial charge in [-0.3, -0.25) is 0 Å². The highest BCUT2D eigenvalue weighted by Crippen LogP contribution is 1.88. The van der Waals surface area contributed by atoms with Gasteiger partial charge in [0.1, 0.15) is 0 Å². The van der Waals surface area contributed by atoms with Crippen LogP contribution in [0.25, 0.3) is 0 Å². The number of piperazine rings is 1. The van der Waals surface area contributed by atoms with E-state index < -0.39 is 0 Å². The van der Waals surface area contributed by atoms with E-state index in [0.717, 1.165) is 32.6 Å². The molecule has 2 heteroatoms. The summed E-state index contributed by atoms with van der Waals surface area (Å²) in [6.07, 6.45) is 7.03. The summed E-state index contributed by atoms with van der Waals surface area (Å²) in [5, 5.41) is 6.44. The molecule has 2 N–H and O–H groups in total. The van der Waals surface area contributed by atoms with Crippen LogP contribution in [0.15, 0.2) is 12.7 Å². The van der Waals surface area contributed by atoms with Gasteiger partial charge in [-0.05, 0) is 6.42 Å². The van der Waals surface area contributed by atoms with E-state index in [1.165, 1.54) is 19.3 Å². The third-order valence-corrected chi connectivity index (χ3v) is 1.95. The first kappa shape index (κ1) is 17.1. The Labute approximate surface area is 96.5 Å². The average molecular weight is 214 g/mol. The van der Waals surface area contributed by atoms with Crippen molar-refractivity contribution >= 4 is 0 Å². The van der Waals surface area contributed by atoms with Crippen molar-refractivity contribution in [2.45, 2.75) is 46.5 Å². The highest BCUT2D eigenvalue weighted by atomic mass is 15.0. The van der Waals surface area contributed by atoms with Crippen LogP contribution in [0.5, 0.6) is 0 Å². The lowest BCUT2D eigenvalue weighted by Crippen LogP contribution is -2.39. The van der Waals surface area contributed by atoms with Crippen molar-refractivity contribution in [3.05, 3.63) is 12.7 Å². The standard InChI is InChI=1S/C5H12.C4H10N2.C4H8/c1-3-5-4-2;1-2-6-4-3-5-1;1-3-4-2/h3-5H2,1-2H3;5-6H,1-4H2;3H,1,4H2,2H3. The van der Waals surface area contributed by atoms with E-state index in [-0.39, 0.29) is 0 Å². The minimum Gasteiger partial charge on any atom is -0.314 e. The highest BCUT2D eigenvalue weighted by Gasteiger charge is 1.91. The molecule has 92 valence electrons. The SMILES string of the molecule is C1CNCCN1.C=CCC.CCCCC. The van der Waals surface area contributed by atoms with Crippen molar-refractivity contribution in [3.8, 4) is 0 Å². The maximum absolute atomic E-state index is 3.48. The number of hydrogen-bond donors (Lipinski definition) is 2. The monoisotopic (exact) mass is 214 g/mol. The normalized spacial score (nSPS) is 14.1. The van der Waals surface area contributed by atoms with Crippen molar-refractivity contribution in [2.75, 3.05) is 26.2 Å². The van der Waals surface area contributed by atoms with E-state index in [2.05, 4.69) is 38.0 Å². The maximum Gasteiger partial charge on any atom is 0.00772 e. The summed E-state index contributed by atoms with van der Waals surface area (Å²) in [5.74, 6) is 0. The summed E-state index contributed by atoms with van der Waals surface area (Å²) in [6, 6.07) is 0. The van der Waals surface area contributed by atoms with Crippen molar-refractivity contribution in [1.29, 1.82) is 0 Å². The van der Waals surface area contributed by atoms with Crippen molar-refractivity contribution in [1.82, 2.24) is 10.6 Å². The largest absolute Gasteiger partial charge is 0.314 e. The van der Waals surface area contributed by atoms with Gasteiger partial charge in [0.2, 0.25) is 0 Å². The third kappa shape index (κ3) is 24.8. The van der Waals surface area contributed by atoms with E-state index in [1.807, 2.05) is 6.08 Å². The van der Waals surface area contributed by atoms with Crippen LogP contribution in [-0.4, -0.2) is 26.2 Å². The highest BCUT2D eigenvalue weighted by molar-refractivity contribution is 4.60. The summed E-state index contributed by atoms with van der Waals surface area (Å²) in [7, 11) is 0. The van der Waals surface area contributed by atoms with Gasteiger partial charge in [0.05, 0.1) is 0 Å². The minimum atomic E-state index is 1.08. The molecule has 0 saturated carbocycles. The Morgan fingerprint density at radius 1 is 0.933 bits per heavy atom. The van der Waals surface area contributed by atoms with Crippen LogP contribution in [0.1, 0.15) is 46.5 Å². The second kappa shape index (κ2) is 19.3. The van der Waals surface area contributed by atoms with Crippen LogP contribution >= 0.6 is 0 Å². The number of allylic oxidation sites excluding steroid dienone is 1. The molecule has 15 heavy (non-hydrogen) atoms. The molecule has 1 rings (SSSR count). The van der Waals surface area contributed by atoms with Gasteiger partial charge in [0.15, 0.2) is 0 Å². The van der Waals surface area contributed by atoms with Crippen LogP contribution in [0.2, 0.25) is 0 Å². The lowest BCUT2D eigenvalue weighted by atomic mass is 10.3. The lowest BCUT2D eigenvalue weighted by molar-refractivity contribution is 0.534. The summed E-state index contributed by atoms with van der Waals surface area (Å²) >= 11 is 0. The Bertz CT molecular complexity index is 85.2. The Hall–Kier alpha value is -0.340. The fraction of sp³-hybridized carbons (Fsp3) is 0.846. The molecule has 1 aliphatic rings. The molecule has 1 fully saturated rings. The zero-order chi connectivity index (χ0) is 11.8. The first-order chi connectivity index (χ1) is 7.33. The van der Waals surface area contributed by atoms with Gasteiger partial charge in [0, 0.05) is 26.2 Å². The molecule has 2 nitrogen and oxygen atoms in total. The molecule has 0 aromatic carbocycles. The Balaban J connectivity index is 0. The number of rotatable bonds is 3. The molecule has 1 aliphatic heterocycles. The lowest BCUT2D eigenvalue weighted by Gasteiger charge is -2.11. The van der Waals surface area contributed by atoms with Crippen LogP contribution in [0.3, 0.4) is 0 Å². The molecule has 1 heterocycles. The third-order valence-electron chi connectivity index (χ3n) is 1.95. The van der Waals surface area contributed by atoms with Gasteiger partial charge in [-0.2, -0.15) is 0 Å². The van der Waals surface area contributed by atoms with Gasteiger partial charge in [-0.1, -0.05) is 46.1 Å². The van der Waals surface area contributed by atoms with Crippen molar-refractivity contribution in [3.63, 3.8) is 0 Å². The predicted molar refractivity (Wildman–Crippen MR) is 71.4 cm³/mol. The summed E-state index contributed by atoms with van der Waals surface area (Å²) in [4.78, 5) is 0. The van der Waals surface area contributed by atoms with Crippen molar-refractivity contribution < 1.29 is 0 Å². The molecule has 1 saturated heterocycles. The quantitative estimate of drug-likeness (QED) is 0.706. The van der Waals surface area contributed by atoms with Crippen molar-refractivity contribution in [2.24, 2.45) is 0 Å². The second-order valence-electron chi connectivity index (χ2n) is 3.55. The van der Waals surface area contributed by atoms with Gasteiger partial charge in [-0.15, -0.1) is 6.58 Å². The van der Waals surface area contributed by atoms with E-state index >= 15 is 0 Å². The first-order valence-corrected chi connectivity index (χ1v) is 6.35. The van der Waals surface area contributed by atoms with Crippen LogP contribution < -0.4 is 10.6 Å². The summed E-state index contributed by atoms with van der Waals surface area (Å²) in [5.41, 5.74) is 0. The van der Waals surface area contributed by atoms with Crippen LogP contribution in [0, 0.1) is 0 Å². The predicted octanol–water partition coefficient (Wildman–Crippen LogP) is 2.96.